The predicted molar refractivity (Wildman–Crippen MR) is 80.7 cm³/mol. The van der Waals surface area contributed by atoms with Crippen LogP contribution in [0.4, 0.5) is 10.5 Å². The Bertz CT molecular complexity index is 641. The Kier molecular flexibility index (Phi) is 4.63. The fraction of sp³-hybridized carbons (Fsp3) is 0. The van der Waals surface area contributed by atoms with Crippen LogP contribution in [0.15, 0.2) is 54.7 Å². The molecule has 0 fully saturated rings. The van der Waals surface area contributed by atoms with Crippen molar-refractivity contribution in [1.82, 2.24) is 5.32 Å². The van der Waals surface area contributed by atoms with E-state index in [-0.39, 0.29) is 5.75 Å². The Morgan fingerprint density at radius 2 is 1.80 bits per heavy atom. The average molecular weight is 289 g/mol. The lowest BCUT2D eigenvalue weighted by molar-refractivity contribution is 0.255. The van der Waals surface area contributed by atoms with Crippen molar-refractivity contribution < 1.29 is 9.90 Å². The minimum absolute atomic E-state index is 0.0118. The van der Waals surface area contributed by atoms with E-state index in [2.05, 4.69) is 10.6 Å². The van der Waals surface area contributed by atoms with Gasteiger partial charge >= 0.3 is 6.03 Å². The fourth-order valence-electron chi connectivity index (χ4n) is 1.56. The number of para-hydroxylation sites is 2. The van der Waals surface area contributed by atoms with Gasteiger partial charge in [0.05, 0.1) is 5.69 Å². The first-order valence-corrected chi connectivity index (χ1v) is 6.31. The van der Waals surface area contributed by atoms with Gasteiger partial charge in [0.1, 0.15) is 5.75 Å². The summed E-state index contributed by atoms with van der Waals surface area (Å²) in [7, 11) is 0. The normalized spacial score (nSPS) is 10.4. The largest absolute Gasteiger partial charge is 0.506 e. The van der Waals surface area contributed by atoms with E-state index in [0.717, 1.165) is 5.56 Å². The van der Waals surface area contributed by atoms with Gasteiger partial charge in [0.2, 0.25) is 0 Å². The van der Waals surface area contributed by atoms with E-state index in [0.29, 0.717) is 10.7 Å². The highest BCUT2D eigenvalue weighted by molar-refractivity contribution is 6.32. The number of hydrogen-bond acceptors (Lipinski definition) is 2. The van der Waals surface area contributed by atoms with Crippen molar-refractivity contribution in [3.63, 3.8) is 0 Å². The monoisotopic (exact) mass is 288 g/mol. The van der Waals surface area contributed by atoms with Gasteiger partial charge in [-0.2, -0.15) is 0 Å². The van der Waals surface area contributed by atoms with Gasteiger partial charge in [0.15, 0.2) is 0 Å². The molecule has 0 aliphatic carbocycles. The lowest BCUT2D eigenvalue weighted by atomic mass is 10.2. The molecule has 0 aliphatic rings. The molecule has 0 saturated carbocycles. The maximum absolute atomic E-state index is 11.6. The Labute approximate surface area is 121 Å². The third kappa shape index (κ3) is 3.76. The first-order valence-electron chi connectivity index (χ1n) is 5.93. The van der Waals surface area contributed by atoms with E-state index in [1.54, 1.807) is 30.3 Å². The molecule has 3 N–H and O–H groups in total. The van der Waals surface area contributed by atoms with Crippen LogP contribution in [0.1, 0.15) is 5.56 Å². The van der Waals surface area contributed by atoms with E-state index in [9.17, 15) is 9.90 Å². The maximum Gasteiger partial charge on any atom is 0.323 e. The number of amides is 2. The number of urea groups is 1. The second-order valence-electron chi connectivity index (χ2n) is 3.97. The molecule has 0 bridgehead atoms. The van der Waals surface area contributed by atoms with Crippen molar-refractivity contribution in [1.29, 1.82) is 0 Å². The first kappa shape index (κ1) is 14.0. The minimum Gasteiger partial charge on any atom is -0.506 e. The number of nitrogens with one attached hydrogen (secondary N) is 2. The maximum atomic E-state index is 11.6. The fourth-order valence-corrected chi connectivity index (χ4v) is 1.75. The molecule has 20 heavy (non-hydrogen) atoms. The Morgan fingerprint density at radius 1 is 1.10 bits per heavy atom. The molecular formula is C15H13ClN2O2. The summed E-state index contributed by atoms with van der Waals surface area (Å²) in [6.07, 6.45) is 3.17. The SMILES string of the molecule is O=C(N/C=C/c1ccccc1Cl)Nc1ccccc1O. The predicted octanol–water partition coefficient (Wildman–Crippen LogP) is 3.84. The molecule has 0 radical (unpaired) electrons. The van der Waals surface area contributed by atoms with Gasteiger partial charge in [-0.05, 0) is 29.8 Å². The van der Waals surface area contributed by atoms with E-state index in [4.69, 9.17) is 11.6 Å². The highest BCUT2D eigenvalue weighted by Gasteiger charge is 2.03. The van der Waals surface area contributed by atoms with Crippen LogP contribution in [0.5, 0.6) is 5.75 Å². The van der Waals surface area contributed by atoms with Gasteiger partial charge in [-0.3, -0.25) is 0 Å². The third-order valence-corrected chi connectivity index (χ3v) is 2.88. The van der Waals surface area contributed by atoms with Gasteiger partial charge in [-0.1, -0.05) is 41.9 Å². The second kappa shape index (κ2) is 6.63. The highest BCUT2D eigenvalue weighted by atomic mass is 35.5. The first-order chi connectivity index (χ1) is 9.66. The lowest BCUT2D eigenvalue weighted by Gasteiger charge is -2.06. The van der Waals surface area contributed by atoms with Crippen molar-refractivity contribution in [3.05, 3.63) is 65.3 Å². The van der Waals surface area contributed by atoms with Crippen molar-refractivity contribution >= 4 is 29.4 Å². The zero-order valence-electron chi connectivity index (χ0n) is 10.5. The summed E-state index contributed by atoms with van der Waals surface area (Å²) in [6.45, 7) is 0. The molecule has 4 nitrogen and oxygen atoms in total. The summed E-state index contributed by atoms with van der Waals surface area (Å²) in [6, 6.07) is 13.3. The van der Waals surface area contributed by atoms with Crippen LogP contribution < -0.4 is 10.6 Å². The zero-order valence-corrected chi connectivity index (χ0v) is 11.3. The number of rotatable bonds is 3. The molecule has 0 saturated heterocycles. The van der Waals surface area contributed by atoms with Crippen molar-refractivity contribution in [2.45, 2.75) is 0 Å². The van der Waals surface area contributed by atoms with Crippen LogP contribution in [-0.2, 0) is 0 Å². The molecule has 0 aromatic heterocycles. The number of halogens is 1. The molecule has 5 heteroatoms. The van der Waals surface area contributed by atoms with Crippen molar-refractivity contribution in [2.24, 2.45) is 0 Å². The smallest absolute Gasteiger partial charge is 0.323 e. The van der Waals surface area contributed by atoms with Gasteiger partial charge < -0.3 is 15.7 Å². The quantitative estimate of drug-likeness (QED) is 0.752. The number of anilines is 1. The van der Waals surface area contributed by atoms with E-state index >= 15 is 0 Å². The summed E-state index contributed by atoms with van der Waals surface area (Å²) in [5.74, 6) is 0.0118. The van der Waals surface area contributed by atoms with Gasteiger partial charge in [-0.25, -0.2) is 4.79 Å². The van der Waals surface area contributed by atoms with Crippen LogP contribution >= 0.6 is 11.6 Å². The van der Waals surface area contributed by atoms with Gasteiger partial charge in [0, 0.05) is 11.2 Å². The minimum atomic E-state index is -0.449. The number of carbonyl (C=O) groups excluding carboxylic acids is 1. The average Bonchev–Trinajstić information content (AvgIpc) is 2.43. The molecule has 0 spiro atoms. The molecular weight excluding hydrogens is 276 g/mol. The van der Waals surface area contributed by atoms with E-state index in [1.807, 2.05) is 18.2 Å². The zero-order chi connectivity index (χ0) is 14.4. The molecule has 0 unspecified atom stereocenters. The third-order valence-electron chi connectivity index (χ3n) is 2.53. The summed E-state index contributed by atoms with van der Waals surface area (Å²) in [5.41, 5.74) is 1.15. The van der Waals surface area contributed by atoms with Crippen LogP contribution in [0.25, 0.3) is 6.08 Å². The van der Waals surface area contributed by atoms with Crippen LogP contribution in [0.2, 0.25) is 5.02 Å². The highest BCUT2D eigenvalue weighted by Crippen LogP contribution is 2.21. The molecule has 2 rings (SSSR count). The summed E-state index contributed by atoms with van der Waals surface area (Å²) < 4.78 is 0. The summed E-state index contributed by atoms with van der Waals surface area (Å²) >= 11 is 5.98. The summed E-state index contributed by atoms with van der Waals surface area (Å²) in [4.78, 5) is 11.6. The van der Waals surface area contributed by atoms with E-state index < -0.39 is 6.03 Å². The molecule has 2 amide bonds. The van der Waals surface area contributed by atoms with Crippen molar-refractivity contribution in [3.8, 4) is 5.75 Å². The van der Waals surface area contributed by atoms with Crippen LogP contribution in [-0.4, -0.2) is 11.1 Å². The molecule has 0 aliphatic heterocycles. The summed E-state index contributed by atoms with van der Waals surface area (Å²) in [5, 5.41) is 15.2. The van der Waals surface area contributed by atoms with Gasteiger partial charge in [-0.15, -0.1) is 0 Å². The topological polar surface area (TPSA) is 61.4 Å². The Hall–Kier alpha value is -2.46. The molecule has 2 aromatic rings. The Morgan fingerprint density at radius 3 is 2.55 bits per heavy atom. The molecule has 0 atom stereocenters. The van der Waals surface area contributed by atoms with E-state index in [1.165, 1.54) is 12.3 Å². The lowest BCUT2D eigenvalue weighted by Crippen LogP contribution is -2.23. The van der Waals surface area contributed by atoms with Crippen molar-refractivity contribution in [2.75, 3.05) is 5.32 Å². The number of aromatic hydroxyl groups is 1. The molecule has 0 heterocycles. The van der Waals surface area contributed by atoms with Crippen LogP contribution in [0.3, 0.4) is 0 Å². The number of hydrogen-bond donors (Lipinski definition) is 3. The Balaban J connectivity index is 1.93. The number of benzene rings is 2. The molecule has 2 aromatic carbocycles. The number of carbonyl (C=O) groups is 1. The second-order valence-corrected chi connectivity index (χ2v) is 4.38. The number of phenols is 1. The standard InChI is InChI=1S/C15H13ClN2O2/c16-12-6-2-1-5-11(12)9-10-17-15(20)18-13-7-3-4-8-14(13)19/h1-10,19H,(H2,17,18,20)/b10-9+. The molecule has 102 valence electrons. The van der Waals surface area contributed by atoms with Crippen LogP contribution in [0, 0.1) is 0 Å². The van der Waals surface area contributed by atoms with Gasteiger partial charge in [0.25, 0.3) is 0 Å². The number of phenolic OH excluding ortho intramolecular Hbond substituents is 1.